The monoisotopic (exact) mass is 576 g/mol. The summed E-state index contributed by atoms with van der Waals surface area (Å²) < 4.78 is 6.75. The van der Waals surface area contributed by atoms with E-state index in [-0.39, 0.29) is 25.0 Å². The molecule has 0 saturated carbocycles. The molecule has 0 saturated heterocycles. The van der Waals surface area contributed by atoms with Crippen molar-refractivity contribution < 1.29 is 14.3 Å². The minimum atomic E-state index is -0.656. The van der Waals surface area contributed by atoms with Crippen LogP contribution in [0, 0.1) is 3.57 Å². The third-order valence-electron chi connectivity index (χ3n) is 4.78. The van der Waals surface area contributed by atoms with Crippen LogP contribution in [-0.2, 0) is 16.1 Å². The van der Waals surface area contributed by atoms with E-state index in [1.165, 1.54) is 4.90 Å². The highest BCUT2D eigenvalue weighted by Crippen LogP contribution is 2.27. The second-order valence-electron chi connectivity index (χ2n) is 7.03. The van der Waals surface area contributed by atoms with E-state index in [0.717, 1.165) is 16.4 Å². The SMILES string of the molecule is CCCCNC(=O)[C@@H](CC)N(Cc1c(Cl)cccc1Cl)C(=O)COc1ccc(I)cc1. The number of halogens is 3. The van der Waals surface area contributed by atoms with Gasteiger partial charge >= 0.3 is 0 Å². The molecule has 2 aromatic carbocycles. The summed E-state index contributed by atoms with van der Waals surface area (Å²) in [5.41, 5.74) is 0.605. The van der Waals surface area contributed by atoms with Gasteiger partial charge in [0.1, 0.15) is 11.8 Å². The third kappa shape index (κ3) is 7.84. The van der Waals surface area contributed by atoms with Crippen LogP contribution in [0.15, 0.2) is 42.5 Å². The van der Waals surface area contributed by atoms with Gasteiger partial charge in [-0.15, -0.1) is 0 Å². The predicted octanol–water partition coefficient (Wildman–Crippen LogP) is 5.70. The highest BCUT2D eigenvalue weighted by Gasteiger charge is 2.29. The fourth-order valence-electron chi connectivity index (χ4n) is 3.04. The van der Waals surface area contributed by atoms with Crippen molar-refractivity contribution in [1.29, 1.82) is 0 Å². The van der Waals surface area contributed by atoms with Crippen LogP contribution >= 0.6 is 45.8 Å². The number of benzene rings is 2. The zero-order valence-electron chi connectivity index (χ0n) is 17.7. The summed E-state index contributed by atoms with van der Waals surface area (Å²) in [6.45, 7) is 4.42. The molecule has 31 heavy (non-hydrogen) atoms. The summed E-state index contributed by atoms with van der Waals surface area (Å²) in [5.74, 6) is 0.0821. The molecule has 8 heteroatoms. The molecule has 0 aliphatic carbocycles. The number of nitrogens with one attached hydrogen (secondary N) is 1. The molecule has 0 aromatic heterocycles. The van der Waals surface area contributed by atoms with Gasteiger partial charge in [0.25, 0.3) is 5.91 Å². The lowest BCUT2D eigenvalue weighted by atomic mass is 10.1. The van der Waals surface area contributed by atoms with Crippen LogP contribution in [-0.4, -0.2) is 35.9 Å². The van der Waals surface area contributed by atoms with Gasteiger partial charge in [0.15, 0.2) is 6.61 Å². The van der Waals surface area contributed by atoms with Crippen LogP contribution in [0.4, 0.5) is 0 Å². The highest BCUT2D eigenvalue weighted by molar-refractivity contribution is 14.1. The smallest absolute Gasteiger partial charge is 0.261 e. The van der Waals surface area contributed by atoms with Crippen molar-refractivity contribution >= 4 is 57.6 Å². The first-order valence-corrected chi connectivity index (χ1v) is 12.1. The Kier molecular flexibility index (Phi) is 10.9. The second kappa shape index (κ2) is 13.1. The summed E-state index contributed by atoms with van der Waals surface area (Å²) >= 11 is 14.9. The van der Waals surface area contributed by atoms with Gasteiger partial charge in [-0.2, -0.15) is 0 Å². The maximum Gasteiger partial charge on any atom is 0.261 e. The van der Waals surface area contributed by atoms with Crippen LogP contribution in [0.25, 0.3) is 0 Å². The van der Waals surface area contributed by atoms with Crippen molar-refractivity contribution in [2.75, 3.05) is 13.2 Å². The number of unbranched alkanes of at least 4 members (excludes halogenated alkanes) is 1. The van der Waals surface area contributed by atoms with Crippen LogP contribution in [0.3, 0.4) is 0 Å². The Morgan fingerprint density at radius 2 is 1.74 bits per heavy atom. The van der Waals surface area contributed by atoms with Crippen LogP contribution < -0.4 is 10.1 Å². The topological polar surface area (TPSA) is 58.6 Å². The molecule has 0 heterocycles. The molecule has 1 N–H and O–H groups in total. The number of ether oxygens (including phenoxy) is 1. The Morgan fingerprint density at radius 3 is 2.32 bits per heavy atom. The van der Waals surface area contributed by atoms with Gasteiger partial charge in [0, 0.05) is 32.3 Å². The van der Waals surface area contributed by atoms with Gasteiger partial charge in [-0.25, -0.2) is 0 Å². The summed E-state index contributed by atoms with van der Waals surface area (Å²) in [7, 11) is 0. The van der Waals surface area contributed by atoms with E-state index in [2.05, 4.69) is 34.8 Å². The lowest BCUT2D eigenvalue weighted by Crippen LogP contribution is -2.50. The molecule has 0 spiro atoms. The molecule has 168 valence electrons. The molecule has 0 fully saturated rings. The molecular weight excluding hydrogens is 550 g/mol. The molecule has 0 aliphatic heterocycles. The average molecular weight is 577 g/mol. The number of carbonyl (C=O) groups excluding carboxylic acids is 2. The molecule has 0 bridgehead atoms. The fraction of sp³-hybridized carbons (Fsp3) is 0.391. The summed E-state index contributed by atoms with van der Waals surface area (Å²) in [6.07, 6.45) is 2.30. The third-order valence-corrected chi connectivity index (χ3v) is 6.21. The molecule has 2 rings (SSSR count). The lowest BCUT2D eigenvalue weighted by molar-refractivity contribution is -0.143. The van der Waals surface area contributed by atoms with E-state index < -0.39 is 6.04 Å². The predicted molar refractivity (Wildman–Crippen MR) is 134 cm³/mol. The minimum Gasteiger partial charge on any atom is -0.484 e. The first-order chi connectivity index (χ1) is 14.9. The van der Waals surface area contributed by atoms with Crippen molar-refractivity contribution in [2.45, 2.75) is 45.7 Å². The highest BCUT2D eigenvalue weighted by atomic mass is 127. The normalized spacial score (nSPS) is 11.6. The molecule has 0 unspecified atom stereocenters. The van der Waals surface area contributed by atoms with E-state index >= 15 is 0 Å². The van der Waals surface area contributed by atoms with E-state index in [4.69, 9.17) is 27.9 Å². The van der Waals surface area contributed by atoms with E-state index in [1.54, 1.807) is 30.3 Å². The number of hydrogen-bond donors (Lipinski definition) is 1. The Labute approximate surface area is 207 Å². The van der Waals surface area contributed by atoms with Gasteiger partial charge in [0.05, 0.1) is 0 Å². The maximum absolute atomic E-state index is 13.2. The first-order valence-electron chi connectivity index (χ1n) is 10.3. The number of carbonyl (C=O) groups is 2. The van der Waals surface area contributed by atoms with Gasteiger partial charge in [-0.05, 0) is 71.8 Å². The van der Waals surface area contributed by atoms with Crippen LogP contribution in [0.1, 0.15) is 38.7 Å². The number of nitrogens with zero attached hydrogens (tertiary/aromatic N) is 1. The summed E-state index contributed by atoms with van der Waals surface area (Å²) in [6, 6.07) is 11.9. The van der Waals surface area contributed by atoms with Crippen molar-refractivity contribution in [3.8, 4) is 5.75 Å². The van der Waals surface area contributed by atoms with Gasteiger partial charge in [-0.3, -0.25) is 9.59 Å². The Hall–Kier alpha value is -1.51. The quantitative estimate of drug-likeness (QED) is 0.276. The Bertz CT molecular complexity index is 857. The molecule has 0 aliphatic rings. The van der Waals surface area contributed by atoms with Crippen LogP contribution in [0.5, 0.6) is 5.75 Å². The number of hydrogen-bond acceptors (Lipinski definition) is 3. The van der Waals surface area contributed by atoms with E-state index in [1.807, 2.05) is 19.1 Å². The summed E-state index contributed by atoms with van der Waals surface area (Å²) in [5, 5.41) is 3.82. The van der Waals surface area contributed by atoms with Crippen molar-refractivity contribution in [3.05, 3.63) is 61.6 Å². The number of rotatable bonds is 11. The Morgan fingerprint density at radius 1 is 1.10 bits per heavy atom. The van der Waals surface area contributed by atoms with Crippen molar-refractivity contribution in [1.82, 2.24) is 10.2 Å². The van der Waals surface area contributed by atoms with E-state index in [0.29, 0.717) is 34.3 Å². The second-order valence-corrected chi connectivity index (χ2v) is 9.09. The molecule has 5 nitrogen and oxygen atoms in total. The standard InChI is InChI=1S/C23H27Cl2IN2O3/c1-3-5-13-27-23(30)21(4-2)28(14-18-19(24)7-6-8-20(18)25)22(29)15-31-17-11-9-16(26)10-12-17/h6-12,21H,3-5,13-15H2,1-2H3,(H,27,30)/t21-/m1/s1. The fourth-order valence-corrected chi connectivity index (χ4v) is 3.91. The Balaban J connectivity index is 2.23. The van der Waals surface area contributed by atoms with Crippen LogP contribution in [0.2, 0.25) is 10.0 Å². The van der Waals surface area contributed by atoms with E-state index in [9.17, 15) is 9.59 Å². The zero-order valence-corrected chi connectivity index (χ0v) is 21.3. The molecule has 0 radical (unpaired) electrons. The van der Waals surface area contributed by atoms with Crippen molar-refractivity contribution in [2.24, 2.45) is 0 Å². The van der Waals surface area contributed by atoms with Gasteiger partial charge in [-0.1, -0.05) is 49.5 Å². The maximum atomic E-state index is 13.2. The zero-order chi connectivity index (χ0) is 22.8. The van der Waals surface area contributed by atoms with Gasteiger partial charge < -0.3 is 15.0 Å². The largest absolute Gasteiger partial charge is 0.484 e. The minimum absolute atomic E-state index is 0.118. The first kappa shape index (κ1) is 25.7. The van der Waals surface area contributed by atoms with Crippen molar-refractivity contribution in [3.63, 3.8) is 0 Å². The molecule has 2 amide bonds. The average Bonchev–Trinajstić information content (AvgIpc) is 2.75. The summed E-state index contributed by atoms with van der Waals surface area (Å²) in [4.78, 5) is 27.5. The number of amides is 2. The van der Waals surface area contributed by atoms with Gasteiger partial charge in [0.2, 0.25) is 5.91 Å². The molecule has 1 atom stereocenters. The lowest BCUT2D eigenvalue weighted by Gasteiger charge is -2.31. The molecular formula is C23H27Cl2IN2O3. The molecule has 2 aromatic rings.